The summed E-state index contributed by atoms with van der Waals surface area (Å²) in [6, 6.07) is 7.97. The molecule has 0 amide bonds. The van der Waals surface area contributed by atoms with Gasteiger partial charge in [-0.25, -0.2) is 0 Å². The molecule has 0 fully saturated rings. The summed E-state index contributed by atoms with van der Waals surface area (Å²) < 4.78 is 10.2. The first-order valence-corrected chi connectivity index (χ1v) is 5.96. The average molecular weight is 247 g/mol. The van der Waals surface area contributed by atoms with Crippen molar-refractivity contribution >= 4 is 16.9 Å². The zero-order valence-corrected chi connectivity index (χ0v) is 10.6. The monoisotopic (exact) mass is 247 g/mol. The lowest BCUT2D eigenvalue weighted by molar-refractivity contribution is -0.140. The lowest BCUT2D eigenvalue weighted by Crippen LogP contribution is -2.17. The van der Waals surface area contributed by atoms with E-state index in [9.17, 15) is 4.79 Å². The Kier molecular flexibility index (Phi) is 3.99. The predicted molar refractivity (Wildman–Crippen MR) is 69.3 cm³/mol. The van der Waals surface area contributed by atoms with Crippen LogP contribution in [0.1, 0.15) is 24.4 Å². The minimum atomic E-state index is -0.192. The zero-order chi connectivity index (χ0) is 13.0. The topological polar surface area (TPSA) is 51.5 Å². The molecule has 0 aliphatic heterocycles. The number of furan rings is 1. The molecule has 2 aromatic rings. The molecule has 0 saturated heterocycles. The van der Waals surface area contributed by atoms with Gasteiger partial charge in [0.15, 0.2) is 0 Å². The number of nitrogens with one attached hydrogen (secondary N) is 1. The molecule has 1 N–H and O–H groups in total. The van der Waals surface area contributed by atoms with Gasteiger partial charge in [-0.3, -0.25) is 4.79 Å². The molecule has 4 nitrogen and oxygen atoms in total. The molecule has 4 heteroatoms. The van der Waals surface area contributed by atoms with Crippen molar-refractivity contribution in [2.75, 3.05) is 14.2 Å². The van der Waals surface area contributed by atoms with Crippen LogP contribution in [-0.4, -0.2) is 20.1 Å². The Balaban J connectivity index is 2.19. The van der Waals surface area contributed by atoms with Gasteiger partial charge < -0.3 is 14.5 Å². The minimum absolute atomic E-state index is 0.0905. The van der Waals surface area contributed by atoms with Gasteiger partial charge in [-0.05, 0) is 19.5 Å². The van der Waals surface area contributed by atoms with E-state index < -0.39 is 0 Å². The summed E-state index contributed by atoms with van der Waals surface area (Å²) in [5.41, 5.74) is 1.95. The summed E-state index contributed by atoms with van der Waals surface area (Å²) in [4.78, 5) is 11.2. The summed E-state index contributed by atoms with van der Waals surface area (Å²) in [7, 11) is 3.29. The van der Waals surface area contributed by atoms with Crippen molar-refractivity contribution in [3.8, 4) is 0 Å². The normalized spacial score (nSPS) is 12.6. The number of carbonyl (C=O) groups is 1. The molecule has 0 aliphatic carbocycles. The van der Waals surface area contributed by atoms with Crippen LogP contribution in [0.5, 0.6) is 0 Å². The Morgan fingerprint density at radius 2 is 2.22 bits per heavy atom. The maximum absolute atomic E-state index is 11.2. The van der Waals surface area contributed by atoms with Gasteiger partial charge in [0.05, 0.1) is 13.4 Å². The molecule has 0 radical (unpaired) electrons. The number of hydrogen-bond donors (Lipinski definition) is 1. The second kappa shape index (κ2) is 5.69. The van der Waals surface area contributed by atoms with Crippen LogP contribution in [-0.2, 0) is 9.53 Å². The lowest BCUT2D eigenvalue weighted by Gasteiger charge is -2.14. The molecule has 1 heterocycles. The van der Waals surface area contributed by atoms with Gasteiger partial charge in [-0.1, -0.05) is 18.2 Å². The van der Waals surface area contributed by atoms with Crippen molar-refractivity contribution in [1.29, 1.82) is 0 Å². The van der Waals surface area contributed by atoms with Crippen LogP contribution in [0.25, 0.3) is 11.0 Å². The van der Waals surface area contributed by atoms with E-state index in [1.807, 2.05) is 31.3 Å². The number of benzene rings is 1. The second-order valence-corrected chi connectivity index (χ2v) is 4.14. The summed E-state index contributed by atoms with van der Waals surface area (Å²) in [5.74, 6) is -0.192. The molecule has 0 aliphatic rings. The highest BCUT2D eigenvalue weighted by atomic mass is 16.5. The minimum Gasteiger partial charge on any atom is -0.469 e. The maximum atomic E-state index is 11.2. The highest BCUT2D eigenvalue weighted by Crippen LogP contribution is 2.28. The number of methoxy groups -OCH3 is 1. The van der Waals surface area contributed by atoms with Gasteiger partial charge in [0.1, 0.15) is 5.58 Å². The number of hydrogen-bond acceptors (Lipinski definition) is 4. The van der Waals surface area contributed by atoms with Gasteiger partial charge in [-0.15, -0.1) is 0 Å². The Hall–Kier alpha value is -1.81. The number of esters is 1. The zero-order valence-electron chi connectivity index (χ0n) is 10.6. The quantitative estimate of drug-likeness (QED) is 0.825. The molecule has 96 valence electrons. The molecule has 1 aromatic heterocycles. The van der Waals surface area contributed by atoms with Crippen LogP contribution < -0.4 is 5.32 Å². The van der Waals surface area contributed by atoms with E-state index in [2.05, 4.69) is 10.1 Å². The van der Waals surface area contributed by atoms with Gasteiger partial charge in [-0.2, -0.15) is 0 Å². The highest BCUT2D eigenvalue weighted by Gasteiger charge is 2.16. The Bertz CT molecular complexity index is 533. The molecular formula is C14H17NO3. The largest absolute Gasteiger partial charge is 0.469 e. The fourth-order valence-corrected chi connectivity index (χ4v) is 2.09. The van der Waals surface area contributed by atoms with E-state index in [-0.39, 0.29) is 12.0 Å². The first-order valence-electron chi connectivity index (χ1n) is 5.96. The fraction of sp³-hybridized carbons (Fsp3) is 0.357. The number of fused-ring (bicyclic) bond motifs is 1. The number of carbonyl (C=O) groups excluding carboxylic acids is 1. The Morgan fingerprint density at radius 1 is 1.44 bits per heavy atom. The van der Waals surface area contributed by atoms with Crippen molar-refractivity contribution in [2.45, 2.75) is 18.9 Å². The number of ether oxygens (including phenoxy) is 1. The first kappa shape index (κ1) is 12.6. The van der Waals surface area contributed by atoms with Crippen LogP contribution in [0.4, 0.5) is 0 Å². The predicted octanol–water partition coefficient (Wildman–Crippen LogP) is 2.65. The van der Waals surface area contributed by atoms with Gasteiger partial charge >= 0.3 is 5.97 Å². The van der Waals surface area contributed by atoms with Crippen molar-refractivity contribution in [1.82, 2.24) is 5.32 Å². The van der Waals surface area contributed by atoms with Crippen LogP contribution >= 0.6 is 0 Å². The van der Waals surface area contributed by atoms with E-state index >= 15 is 0 Å². The van der Waals surface area contributed by atoms with Crippen LogP contribution in [0.15, 0.2) is 34.9 Å². The lowest BCUT2D eigenvalue weighted by atomic mass is 10.0. The molecule has 1 aromatic carbocycles. The molecule has 0 spiro atoms. The fourth-order valence-electron chi connectivity index (χ4n) is 2.09. The third-order valence-electron chi connectivity index (χ3n) is 3.10. The number of rotatable bonds is 5. The van der Waals surface area contributed by atoms with E-state index in [0.717, 1.165) is 16.5 Å². The van der Waals surface area contributed by atoms with Gasteiger partial charge in [0, 0.05) is 23.4 Å². The van der Waals surface area contributed by atoms with Crippen molar-refractivity contribution < 1.29 is 13.9 Å². The molecule has 1 atom stereocenters. The summed E-state index contributed by atoms with van der Waals surface area (Å²) in [6.45, 7) is 0. The average Bonchev–Trinajstić information content (AvgIpc) is 2.83. The van der Waals surface area contributed by atoms with Crippen molar-refractivity contribution in [3.05, 3.63) is 36.1 Å². The van der Waals surface area contributed by atoms with E-state index in [0.29, 0.717) is 12.8 Å². The van der Waals surface area contributed by atoms with Crippen molar-refractivity contribution in [3.63, 3.8) is 0 Å². The van der Waals surface area contributed by atoms with E-state index in [4.69, 9.17) is 4.42 Å². The number of para-hydroxylation sites is 1. The third-order valence-corrected chi connectivity index (χ3v) is 3.10. The standard InChI is InChI=1S/C14H17NO3/c1-15-12(7-8-14(16)17-2)11-9-18-13-6-4-3-5-10(11)13/h3-6,9,12,15H,7-8H2,1-2H3. The molecule has 0 bridgehead atoms. The van der Waals surface area contributed by atoms with Gasteiger partial charge in [0.25, 0.3) is 0 Å². The second-order valence-electron chi connectivity index (χ2n) is 4.14. The van der Waals surface area contributed by atoms with Crippen LogP contribution in [0, 0.1) is 0 Å². The maximum Gasteiger partial charge on any atom is 0.305 e. The van der Waals surface area contributed by atoms with Gasteiger partial charge in [0.2, 0.25) is 0 Å². The Morgan fingerprint density at radius 3 is 2.94 bits per heavy atom. The molecule has 1 unspecified atom stereocenters. The summed E-state index contributed by atoms with van der Waals surface area (Å²) >= 11 is 0. The summed E-state index contributed by atoms with van der Waals surface area (Å²) in [6.07, 6.45) is 2.83. The molecule has 18 heavy (non-hydrogen) atoms. The smallest absolute Gasteiger partial charge is 0.305 e. The first-order chi connectivity index (χ1) is 8.76. The Labute approximate surface area is 106 Å². The molecule has 0 saturated carbocycles. The molecule has 2 rings (SSSR count). The summed E-state index contributed by atoms with van der Waals surface area (Å²) in [5, 5.41) is 4.29. The van der Waals surface area contributed by atoms with Crippen molar-refractivity contribution in [2.24, 2.45) is 0 Å². The SMILES string of the molecule is CNC(CCC(=O)OC)c1coc2ccccc12. The highest BCUT2D eigenvalue weighted by molar-refractivity contribution is 5.81. The molecular weight excluding hydrogens is 230 g/mol. The van der Waals surface area contributed by atoms with Crippen LogP contribution in [0.3, 0.4) is 0 Å². The third kappa shape index (κ3) is 2.54. The van der Waals surface area contributed by atoms with E-state index in [1.165, 1.54) is 7.11 Å². The van der Waals surface area contributed by atoms with Crippen LogP contribution in [0.2, 0.25) is 0 Å². The van der Waals surface area contributed by atoms with E-state index in [1.54, 1.807) is 6.26 Å².